The smallest absolute Gasteiger partial charge is 0.339 e. The van der Waals surface area contributed by atoms with Gasteiger partial charge in [0.15, 0.2) is 12.4 Å². The molecule has 0 fully saturated rings. The monoisotopic (exact) mass is 473 g/mol. The summed E-state index contributed by atoms with van der Waals surface area (Å²) in [7, 11) is 0. The summed E-state index contributed by atoms with van der Waals surface area (Å²) in [5.74, 6) is -0.792. The third-order valence-corrected chi connectivity index (χ3v) is 5.57. The number of Topliss-reactive ketones (excluding diaryl/α,β-unsaturated/α-hetero) is 1. The maximum atomic E-state index is 13.0. The highest BCUT2D eigenvalue weighted by Crippen LogP contribution is 2.27. The van der Waals surface area contributed by atoms with Gasteiger partial charge in [0.05, 0.1) is 16.8 Å². The topological polar surface area (TPSA) is 56.3 Å². The predicted molar refractivity (Wildman–Crippen MR) is 125 cm³/mol. The molecular formula is C26H20BrNO3. The third-order valence-electron chi connectivity index (χ3n) is 5.08. The lowest BCUT2D eigenvalue weighted by atomic mass is 10.0. The van der Waals surface area contributed by atoms with E-state index in [4.69, 9.17) is 9.72 Å². The molecule has 4 aromatic rings. The van der Waals surface area contributed by atoms with Gasteiger partial charge in [-0.2, -0.15) is 0 Å². The number of carbonyl (C=O) groups is 2. The Bertz CT molecular complexity index is 1250. The zero-order chi connectivity index (χ0) is 21.8. The highest BCUT2D eigenvalue weighted by molar-refractivity contribution is 9.10. The second-order valence-corrected chi connectivity index (χ2v) is 8.05. The van der Waals surface area contributed by atoms with Crippen molar-refractivity contribution in [2.75, 3.05) is 6.61 Å². The van der Waals surface area contributed by atoms with Crippen LogP contribution in [0.1, 0.15) is 33.2 Å². The number of ketones is 1. The van der Waals surface area contributed by atoms with Gasteiger partial charge in [-0.1, -0.05) is 77.5 Å². The van der Waals surface area contributed by atoms with Gasteiger partial charge in [-0.05, 0) is 36.2 Å². The van der Waals surface area contributed by atoms with Crippen molar-refractivity contribution in [3.63, 3.8) is 0 Å². The number of pyridine rings is 1. The van der Waals surface area contributed by atoms with Gasteiger partial charge < -0.3 is 4.74 Å². The van der Waals surface area contributed by atoms with Gasteiger partial charge in [0.2, 0.25) is 0 Å². The van der Waals surface area contributed by atoms with E-state index >= 15 is 0 Å². The van der Waals surface area contributed by atoms with Crippen LogP contribution in [0.3, 0.4) is 0 Å². The highest BCUT2D eigenvalue weighted by Gasteiger charge is 2.17. The summed E-state index contributed by atoms with van der Waals surface area (Å²) in [4.78, 5) is 30.2. The van der Waals surface area contributed by atoms with Crippen LogP contribution < -0.4 is 0 Å². The van der Waals surface area contributed by atoms with E-state index < -0.39 is 5.97 Å². The summed E-state index contributed by atoms with van der Waals surface area (Å²) in [6.45, 7) is 1.74. The standard InChI is InChI=1S/C26H20BrNO3/c1-2-17-8-10-19(11-9-17)25(29)16-31-26(30)22-15-24(18-6-4-3-5-7-18)28-23-13-12-20(27)14-21(22)23/h3-15H,2,16H2,1H3. The molecule has 31 heavy (non-hydrogen) atoms. The largest absolute Gasteiger partial charge is 0.454 e. The number of halogens is 1. The number of benzene rings is 3. The first-order chi connectivity index (χ1) is 15.0. The van der Waals surface area contributed by atoms with Crippen molar-refractivity contribution in [1.29, 1.82) is 0 Å². The molecule has 0 aliphatic rings. The van der Waals surface area contributed by atoms with Crippen LogP contribution in [0.15, 0.2) is 83.3 Å². The Labute approximate surface area is 189 Å². The molecule has 0 saturated carbocycles. The number of fused-ring (bicyclic) bond motifs is 1. The summed E-state index contributed by atoms with van der Waals surface area (Å²) in [6.07, 6.45) is 0.901. The summed E-state index contributed by atoms with van der Waals surface area (Å²) < 4.78 is 6.24. The molecule has 1 aromatic heterocycles. The summed E-state index contributed by atoms with van der Waals surface area (Å²) in [5.41, 5.74) is 4.29. The van der Waals surface area contributed by atoms with Crippen LogP contribution in [0.25, 0.3) is 22.2 Å². The van der Waals surface area contributed by atoms with Crippen molar-refractivity contribution in [1.82, 2.24) is 4.98 Å². The van der Waals surface area contributed by atoms with E-state index in [1.54, 1.807) is 18.2 Å². The van der Waals surface area contributed by atoms with E-state index in [0.717, 1.165) is 22.0 Å². The molecule has 0 saturated heterocycles. The lowest BCUT2D eigenvalue weighted by Crippen LogP contribution is -2.15. The van der Waals surface area contributed by atoms with E-state index in [-0.39, 0.29) is 12.4 Å². The van der Waals surface area contributed by atoms with E-state index in [2.05, 4.69) is 22.9 Å². The number of hydrogen-bond acceptors (Lipinski definition) is 4. The van der Waals surface area contributed by atoms with E-state index in [9.17, 15) is 9.59 Å². The molecule has 0 aliphatic heterocycles. The summed E-state index contributed by atoms with van der Waals surface area (Å²) in [6, 6.07) is 24.3. The first-order valence-electron chi connectivity index (χ1n) is 10.00. The van der Waals surface area contributed by atoms with Gasteiger partial charge >= 0.3 is 5.97 Å². The number of rotatable bonds is 6. The van der Waals surface area contributed by atoms with Crippen molar-refractivity contribution >= 4 is 38.6 Å². The van der Waals surface area contributed by atoms with Crippen LogP contribution in [-0.4, -0.2) is 23.3 Å². The predicted octanol–water partition coefficient (Wildman–Crippen LogP) is 6.27. The number of hydrogen-bond donors (Lipinski definition) is 0. The normalized spacial score (nSPS) is 10.8. The lowest BCUT2D eigenvalue weighted by molar-refractivity contribution is 0.0476. The molecule has 0 N–H and O–H groups in total. The number of aryl methyl sites for hydroxylation is 1. The summed E-state index contributed by atoms with van der Waals surface area (Å²) in [5, 5.41) is 0.666. The maximum absolute atomic E-state index is 13.0. The number of aromatic nitrogens is 1. The van der Waals surface area contributed by atoms with Crippen molar-refractivity contribution in [2.45, 2.75) is 13.3 Å². The van der Waals surface area contributed by atoms with Crippen LogP contribution >= 0.6 is 15.9 Å². The van der Waals surface area contributed by atoms with Gasteiger partial charge in [-0.15, -0.1) is 0 Å². The van der Waals surface area contributed by atoms with Crippen LogP contribution in [-0.2, 0) is 11.2 Å². The van der Waals surface area contributed by atoms with Crippen LogP contribution in [0.2, 0.25) is 0 Å². The molecule has 3 aromatic carbocycles. The van der Waals surface area contributed by atoms with Gasteiger partial charge in [-0.25, -0.2) is 9.78 Å². The number of carbonyl (C=O) groups excluding carboxylic acids is 2. The maximum Gasteiger partial charge on any atom is 0.339 e. The Balaban J connectivity index is 1.63. The average molecular weight is 474 g/mol. The fourth-order valence-corrected chi connectivity index (χ4v) is 3.70. The second kappa shape index (κ2) is 9.23. The zero-order valence-corrected chi connectivity index (χ0v) is 18.6. The van der Waals surface area contributed by atoms with Crippen molar-refractivity contribution in [2.24, 2.45) is 0 Å². The Morgan fingerprint density at radius 1 is 0.935 bits per heavy atom. The van der Waals surface area contributed by atoms with Crippen molar-refractivity contribution in [3.05, 3.63) is 100 Å². The minimum Gasteiger partial charge on any atom is -0.454 e. The number of ether oxygens (including phenoxy) is 1. The molecule has 0 atom stereocenters. The van der Waals surface area contributed by atoms with Crippen molar-refractivity contribution in [3.8, 4) is 11.3 Å². The molecule has 0 bridgehead atoms. The molecule has 0 amide bonds. The SMILES string of the molecule is CCc1ccc(C(=O)COC(=O)c2cc(-c3ccccc3)nc3ccc(Br)cc23)cc1. The molecule has 5 heteroatoms. The Kier molecular flexibility index (Phi) is 6.23. The molecule has 4 nitrogen and oxygen atoms in total. The highest BCUT2D eigenvalue weighted by atomic mass is 79.9. The molecule has 0 unspecified atom stereocenters. The fourth-order valence-electron chi connectivity index (χ4n) is 3.34. The number of nitrogens with zero attached hydrogens (tertiary/aromatic N) is 1. The third kappa shape index (κ3) is 4.72. The molecule has 4 rings (SSSR count). The zero-order valence-electron chi connectivity index (χ0n) is 17.0. The van der Waals surface area contributed by atoms with Crippen molar-refractivity contribution < 1.29 is 14.3 Å². The fraction of sp³-hybridized carbons (Fsp3) is 0.115. The molecule has 0 aliphatic carbocycles. The quantitative estimate of drug-likeness (QED) is 0.244. The van der Waals surface area contributed by atoms with E-state index in [1.807, 2.05) is 60.7 Å². The Morgan fingerprint density at radius 2 is 1.68 bits per heavy atom. The Morgan fingerprint density at radius 3 is 2.39 bits per heavy atom. The average Bonchev–Trinajstić information content (AvgIpc) is 2.82. The van der Waals surface area contributed by atoms with Crippen LogP contribution in [0, 0.1) is 0 Å². The molecule has 1 heterocycles. The minimum atomic E-state index is -0.554. The van der Waals surface area contributed by atoms with Gasteiger partial charge in [0.25, 0.3) is 0 Å². The molecule has 154 valence electrons. The van der Waals surface area contributed by atoms with E-state index in [0.29, 0.717) is 27.7 Å². The molecule has 0 spiro atoms. The first kappa shape index (κ1) is 20.9. The Hall–Kier alpha value is -3.31. The van der Waals surface area contributed by atoms with Gasteiger partial charge in [-0.3, -0.25) is 4.79 Å². The molecular weight excluding hydrogens is 454 g/mol. The van der Waals surface area contributed by atoms with E-state index in [1.165, 1.54) is 0 Å². The number of esters is 1. The minimum absolute atomic E-state index is 0.237. The lowest BCUT2D eigenvalue weighted by Gasteiger charge is -2.10. The molecule has 0 radical (unpaired) electrons. The second-order valence-electron chi connectivity index (χ2n) is 7.13. The summed E-state index contributed by atoms with van der Waals surface area (Å²) >= 11 is 3.45. The first-order valence-corrected chi connectivity index (χ1v) is 10.8. The van der Waals surface area contributed by atoms with Crippen LogP contribution in [0.4, 0.5) is 0 Å². The van der Waals surface area contributed by atoms with Gasteiger partial charge in [0.1, 0.15) is 0 Å². The van der Waals surface area contributed by atoms with Gasteiger partial charge in [0, 0.05) is 21.0 Å². The van der Waals surface area contributed by atoms with Crippen LogP contribution in [0.5, 0.6) is 0 Å².